The number of pyridine rings is 2. The summed E-state index contributed by atoms with van der Waals surface area (Å²) in [6, 6.07) is 15.3. The Labute approximate surface area is 204 Å². The number of amides is 3. The van der Waals surface area contributed by atoms with Crippen LogP contribution in [0.3, 0.4) is 0 Å². The molecule has 0 aliphatic heterocycles. The average Bonchev–Trinajstić information content (AvgIpc) is 3.40. The molecule has 2 aromatic heterocycles. The van der Waals surface area contributed by atoms with Crippen LogP contribution in [0.2, 0.25) is 0 Å². The Hall–Kier alpha value is -4.07. The summed E-state index contributed by atoms with van der Waals surface area (Å²) >= 11 is 0. The van der Waals surface area contributed by atoms with Crippen LogP contribution in [0.4, 0.5) is 11.4 Å². The van der Waals surface area contributed by atoms with Crippen molar-refractivity contribution >= 4 is 29.1 Å². The summed E-state index contributed by atoms with van der Waals surface area (Å²) in [6.45, 7) is 0. The van der Waals surface area contributed by atoms with Crippen LogP contribution in [0.1, 0.15) is 50.1 Å². The van der Waals surface area contributed by atoms with Gasteiger partial charge in [0.25, 0.3) is 0 Å². The first-order valence-electron chi connectivity index (χ1n) is 11.9. The van der Waals surface area contributed by atoms with Gasteiger partial charge in [-0.05, 0) is 54.8 Å². The van der Waals surface area contributed by atoms with Gasteiger partial charge in [0.05, 0.1) is 11.9 Å². The topological polar surface area (TPSA) is 104 Å². The summed E-state index contributed by atoms with van der Waals surface area (Å²) in [4.78, 5) is 49.2. The van der Waals surface area contributed by atoms with Gasteiger partial charge in [0.2, 0.25) is 17.7 Å². The van der Waals surface area contributed by atoms with E-state index in [0.717, 1.165) is 25.7 Å². The molecule has 1 aromatic carbocycles. The first-order valence-corrected chi connectivity index (χ1v) is 11.9. The quantitative estimate of drug-likeness (QED) is 0.490. The number of carbonyl (C=O) groups excluding carboxylic acids is 3. The Morgan fingerprint density at radius 2 is 1.63 bits per heavy atom. The molecule has 2 N–H and O–H groups in total. The minimum atomic E-state index is -0.880. The molecule has 180 valence electrons. The SMILES string of the molecule is O=C(CCC(=O)N(c1ccccc1)[C@@H](C(=O)NC1CCCC1)c1ccncc1)Nc1cccnc1. The van der Waals surface area contributed by atoms with Crippen LogP contribution in [0.25, 0.3) is 0 Å². The van der Waals surface area contributed by atoms with Crippen LogP contribution in [0.15, 0.2) is 79.4 Å². The molecular formula is C27H29N5O3. The van der Waals surface area contributed by atoms with E-state index in [1.165, 1.54) is 4.90 Å². The third-order valence-electron chi connectivity index (χ3n) is 6.04. The monoisotopic (exact) mass is 471 g/mol. The first kappa shape index (κ1) is 24.1. The molecule has 8 heteroatoms. The van der Waals surface area contributed by atoms with E-state index in [-0.39, 0.29) is 36.6 Å². The number of rotatable bonds is 9. The molecule has 0 unspecified atom stereocenters. The normalized spacial score (nSPS) is 14.2. The molecule has 4 rings (SSSR count). The second-order valence-corrected chi connectivity index (χ2v) is 8.56. The first-order chi connectivity index (χ1) is 17.1. The van der Waals surface area contributed by atoms with Crippen LogP contribution in [0.5, 0.6) is 0 Å². The second-order valence-electron chi connectivity index (χ2n) is 8.56. The number of hydrogen-bond acceptors (Lipinski definition) is 5. The maximum Gasteiger partial charge on any atom is 0.248 e. The van der Waals surface area contributed by atoms with Gasteiger partial charge in [0.15, 0.2) is 0 Å². The van der Waals surface area contributed by atoms with E-state index in [1.807, 2.05) is 18.2 Å². The third-order valence-corrected chi connectivity index (χ3v) is 6.04. The number of carbonyl (C=O) groups is 3. The molecule has 0 spiro atoms. The van der Waals surface area contributed by atoms with Crippen molar-refractivity contribution in [3.05, 3.63) is 84.9 Å². The predicted molar refractivity (Wildman–Crippen MR) is 133 cm³/mol. The number of anilines is 2. The minimum absolute atomic E-state index is 0.0234. The fraction of sp³-hybridized carbons (Fsp3) is 0.296. The van der Waals surface area contributed by atoms with Gasteiger partial charge in [-0.25, -0.2) is 0 Å². The molecule has 35 heavy (non-hydrogen) atoms. The van der Waals surface area contributed by atoms with Crippen LogP contribution >= 0.6 is 0 Å². The standard InChI is InChI=1S/C27H29N5O3/c33-24(30-22-9-6-16-29-19-22)12-13-25(34)32(23-10-2-1-3-11-23)26(20-14-17-28-18-15-20)27(35)31-21-7-4-5-8-21/h1-3,6,9-11,14-19,21,26H,4-5,7-8,12-13H2,(H,30,33)(H,31,35)/t26-/m1/s1. The zero-order chi connectivity index (χ0) is 24.5. The molecule has 1 atom stereocenters. The van der Waals surface area contributed by atoms with Crippen LogP contribution < -0.4 is 15.5 Å². The van der Waals surface area contributed by atoms with E-state index in [1.54, 1.807) is 61.2 Å². The minimum Gasteiger partial charge on any atom is -0.351 e. The van der Waals surface area contributed by atoms with E-state index in [4.69, 9.17) is 0 Å². The molecule has 8 nitrogen and oxygen atoms in total. The van der Waals surface area contributed by atoms with Gasteiger partial charge in [0, 0.05) is 43.2 Å². The van der Waals surface area contributed by atoms with E-state index < -0.39 is 6.04 Å². The average molecular weight is 472 g/mol. The lowest BCUT2D eigenvalue weighted by atomic mass is 10.0. The van der Waals surface area contributed by atoms with Crippen molar-refractivity contribution < 1.29 is 14.4 Å². The highest BCUT2D eigenvalue weighted by atomic mass is 16.2. The van der Waals surface area contributed by atoms with Crippen LogP contribution in [-0.4, -0.2) is 33.7 Å². The maximum atomic E-state index is 13.6. The molecule has 1 saturated carbocycles. The van der Waals surface area contributed by atoms with Crippen molar-refractivity contribution in [3.8, 4) is 0 Å². The van der Waals surface area contributed by atoms with Crippen molar-refractivity contribution in [2.75, 3.05) is 10.2 Å². The summed E-state index contributed by atoms with van der Waals surface area (Å²) in [7, 11) is 0. The number of aromatic nitrogens is 2. The lowest BCUT2D eigenvalue weighted by molar-refractivity contribution is -0.127. The van der Waals surface area contributed by atoms with Gasteiger partial charge in [0.1, 0.15) is 6.04 Å². The molecule has 0 radical (unpaired) electrons. The maximum absolute atomic E-state index is 13.6. The van der Waals surface area contributed by atoms with Crippen LogP contribution in [0, 0.1) is 0 Å². The zero-order valence-corrected chi connectivity index (χ0v) is 19.5. The lowest BCUT2D eigenvalue weighted by Gasteiger charge is -2.32. The summed E-state index contributed by atoms with van der Waals surface area (Å²) in [6.07, 6.45) is 10.3. The van der Waals surface area contributed by atoms with Crippen molar-refractivity contribution in [1.29, 1.82) is 0 Å². The van der Waals surface area contributed by atoms with Gasteiger partial charge in [-0.3, -0.25) is 29.3 Å². The van der Waals surface area contributed by atoms with Crippen molar-refractivity contribution in [2.24, 2.45) is 0 Å². The second kappa shape index (κ2) is 11.9. The Bertz CT molecular complexity index is 1120. The highest BCUT2D eigenvalue weighted by Crippen LogP contribution is 2.29. The fourth-order valence-corrected chi connectivity index (χ4v) is 4.34. The van der Waals surface area contributed by atoms with Crippen LogP contribution in [-0.2, 0) is 14.4 Å². The largest absolute Gasteiger partial charge is 0.351 e. The Kier molecular flexibility index (Phi) is 8.17. The number of nitrogens with zero attached hydrogens (tertiary/aromatic N) is 3. The highest BCUT2D eigenvalue weighted by Gasteiger charge is 2.34. The van der Waals surface area contributed by atoms with E-state index in [9.17, 15) is 14.4 Å². The third kappa shape index (κ3) is 6.50. The van der Waals surface area contributed by atoms with E-state index in [0.29, 0.717) is 16.9 Å². The molecular weight excluding hydrogens is 442 g/mol. The highest BCUT2D eigenvalue weighted by molar-refractivity contribution is 6.03. The Balaban J connectivity index is 1.57. The van der Waals surface area contributed by atoms with Gasteiger partial charge in [-0.15, -0.1) is 0 Å². The van der Waals surface area contributed by atoms with Crippen molar-refractivity contribution in [3.63, 3.8) is 0 Å². The number of hydrogen-bond donors (Lipinski definition) is 2. The molecule has 2 heterocycles. The molecule has 3 amide bonds. The molecule has 0 bridgehead atoms. The smallest absolute Gasteiger partial charge is 0.248 e. The number of benzene rings is 1. The summed E-state index contributed by atoms with van der Waals surface area (Å²) < 4.78 is 0. The van der Waals surface area contributed by atoms with Gasteiger partial charge >= 0.3 is 0 Å². The van der Waals surface area contributed by atoms with Crippen molar-refractivity contribution in [2.45, 2.75) is 50.6 Å². The molecule has 1 fully saturated rings. The van der Waals surface area contributed by atoms with Gasteiger partial charge < -0.3 is 10.6 Å². The molecule has 3 aromatic rings. The lowest BCUT2D eigenvalue weighted by Crippen LogP contribution is -2.46. The number of nitrogens with one attached hydrogen (secondary N) is 2. The fourth-order valence-electron chi connectivity index (χ4n) is 4.34. The number of para-hydroxylation sites is 1. The molecule has 0 saturated heterocycles. The van der Waals surface area contributed by atoms with Crippen molar-refractivity contribution in [1.82, 2.24) is 15.3 Å². The van der Waals surface area contributed by atoms with E-state index >= 15 is 0 Å². The zero-order valence-electron chi connectivity index (χ0n) is 19.5. The Morgan fingerprint density at radius 3 is 2.31 bits per heavy atom. The summed E-state index contributed by atoms with van der Waals surface area (Å²) in [5, 5.41) is 5.89. The van der Waals surface area contributed by atoms with Gasteiger partial charge in [-0.2, -0.15) is 0 Å². The predicted octanol–water partition coefficient (Wildman–Crippen LogP) is 4.03. The molecule has 1 aliphatic carbocycles. The van der Waals surface area contributed by atoms with E-state index in [2.05, 4.69) is 20.6 Å². The summed E-state index contributed by atoms with van der Waals surface area (Å²) in [5.74, 6) is -0.851. The van der Waals surface area contributed by atoms with Gasteiger partial charge in [-0.1, -0.05) is 31.0 Å². The molecule has 1 aliphatic rings. The summed E-state index contributed by atoms with van der Waals surface area (Å²) in [5.41, 5.74) is 1.82. The Morgan fingerprint density at radius 1 is 0.886 bits per heavy atom.